The van der Waals surface area contributed by atoms with E-state index in [1.165, 1.54) is 24.3 Å². The summed E-state index contributed by atoms with van der Waals surface area (Å²) in [6.07, 6.45) is 1.11. The maximum atomic E-state index is 13.1. The van der Waals surface area contributed by atoms with E-state index in [2.05, 4.69) is 5.32 Å². The van der Waals surface area contributed by atoms with Gasteiger partial charge < -0.3 is 19.4 Å². The Bertz CT molecular complexity index is 904. The lowest BCUT2D eigenvalue weighted by molar-refractivity contribution is 0.00578. The number of rotatable bonds is 5. The summed E-state index contributed by atoms with van der Waals surface area (Å²) in [5.74, 6) is 0. The molecule has 1 fully saturated rings. The van der Waals surface area contributed by atoms with Crippen LogP contribution in [0.3, 0.4) is 0 Å². The fourth-order valence-corrected chi connectivity index (χ4v) is 3.09. The van der Waals surface area contributed by atoms with Gasteiger partial charge in [-0.15, -0.1) is 3.89 Å². The fourth-order valence-electron chi connectivity index (χ4n) is 2.63. The molecule has 1 N–H and O–H groups in total. The van der Waals surface area contributed by atoms with Crippen LogP contribution in [0, 0.1) is 0 Å². The first-order valence-corrected chi connectivity index (χ1v) is 11.0. The first kappa shape index (κ1) is 24.4. The Balaban J connectivity index is 2.29. The summed E-state index contributed by atoms with van der Waals surface area (Å²) in [5, 5.41) is 2.68. The largest absolute Gasteiger partial charge is 0.492 e. The molecule has 1 aliphatic heterocycles. The Morgan fingerprint density at radius 1 is 1.13 bits per heavy atom. The molecule has 0 unspecified atom stereocenters. The number of carbonyl (C=O) groups is 1. The molecule has 0 bridgehead atoms. The van der Waals surface area contributed by atoms with E-state index < -0.39 is 45.1 Å². The summed E-state index contributed by atoms with van der Waals surface area (Å²) < 4.78 is 52.6. The Labute approximate surface area is 178 Å². The number of benzene rings is 1. The van der Waals surface area contributed by atoms with Gasteiger partial charge in [0.15, 0.2) is 0 Å². The molecule has 1 aromatic rings. The van der Waals surface area contributed by atoms with Gasteiger partial charge in [-0.05, 0) is 71.6 Å². The van der Waals surface area contributed by atoms with E-state index in [1.807, 2.05) is 27.7 Å². The number of hydrogen-bond acceptors (Lipinski definition) is 6. The van der Waals surface area contributed by atoms with Crippen molar-refractivity contribution in [2.75, 3.05) is 6.54 Å². The Kier molecular flexibility index (Phi) is 6.76. The predicted molar refractivity (Wildman–Crippen MR) is 113 cm³/mol. The predicted octanol–water partition coefficient (Wildman–Crippen LogP) is 3.88. The quantitative estimate of drug-likeness (QED) is 0.551. The molecule has 0 aromatic heterocycles. The van der Waals surface area contributed by atoms with E-state index in [0.717, 1.165) is 0 Å². The summed E-state index contributed by atoms with van der Waals surface area (Å²) in [4.78, 5) is 11.7. The second-order valence-corrected chi connectivity index (χ2v) is 10.5. The van der Waals surface area contributed by atoms with Gasteiger partial charge in [-0.3, -0.25) is 0 Å². The topological polar surface area (TPSA) is 90.9 Å². The monoisotopic (exact) mass is 441 g/mol. The summed E-state index contributed by atoms with van der Waals surface area (Å²) in [5.41, 5.74) is -0.635. The van der Waals surface area contributed by atoms with Crippen molar-refractivity contribution in [3.8, 4) is 0 Å². The lowest BCUT2D eigenvalue weighted by atomic mass is 9.77. The summed E-state index contributed by atoms with van der Waals surface area (Å²) in [7, 11) is -5.52. The van der Waals surface area contributed by atoms with Crippen molar-refractivity contribution >= 4 is 29.5 Å². The molecule has 10 heteroatoms. The number of alkyl carbamates (subject to hydrolysis) is 1. The molecule has 7 nitrogen and oxygen atoms in total. The van der Waals surface area contributed by atoms with Crippen molar-refractivity contribution in [1.82, 2.24) is 5.32 Å². The zero-order valence-electron chi connectivity index (χ0n) is 18.4. The lowest BCUT2D eigenvalue weighted by Gasteiger charge is -2.32. The first-order valence-electron chi connectivity index (χ1n) is 9.58. The summed E-state index contributed by atoms with van der Waals surface area (Å²) >= 11 is 0. The SMILES string of the molecule is CC(C)(C)OC(=O)NCC(=Cc1ccc(S(=O)(=O)F)cc1)B1OC(C)(C)C(C)(C)O1. The summed E-state index contributed by atoms with van der Waals surface area (Å²) in [6, 6.07) is 5.27. The van der Waals surface area contributed by atoms with Gasteiger partial charge in [-0.2, -0.15) is 8.42 Å². The number of carbonyl (C=O) groups excluding carboxylic acids is 1. The van der Waals surface area contributed by atoms with E-state index in [4.69, 9.17) is 14.0 Å². The van der Waals surface area contributed by atoms with Crippen molar-refractivity contribution in [3.63, 3.8) is 0 Å². The highest BCUT2D eigenvalue weighted by atomic mass is 32.3. The maximum absolute atomic E-state index is 13.1. The van der Waals surface area contributed by atoms with Gasteiger partial charge in [0.05, 0.1) is 16.1 Å². The van der Waals surface area contributed by atoms with Crippen LogP contribution in [0.1, 0.15) is 54.0 Å². The molecule has 1 aliphatic rings. The van der Waals surface area contributed by atoms with Crippen molar-refractivity contribution < 1.29 is 31.1 Å². The molecular formula is C20H29BFNO6S. The molecule has 1 aromatic carbocycles. The van der Waals surface area contributed by atoms with Gasteiger partial charge in [-0.1, -0.05) is 18.2 Å². The first-order chi connectivity index (χ1) is 13.5. The van der Waals surface area contributed by atoms with Crippen LogP contribution in [0.2, 0.25) is 0 Å². The second kappa shape index (κ2) is 8.32. The van der Waals surface area contributed by atoms with Crippen molar-refractivity contribution in [2.24, 2.45) is 0 Å². The number of amides is 1. The highest BCUT2D eigenvalue weighted by Crippen LogP contribution is 2.38. The lowest BCUT2D eigenvalue weighted by Crippen LogP contribution is -2.41. The van der Waals surface area contributed by atoms with E-state index in [-0.39, 0.29) is 6.54 Å². The van der Waals surface area contributed by atoms with Crippen LogP contribution in [0.5, 0.6) is 0 Å². The molecule has 0 saturated carbocycles. The van der Waals surface area contributed by atoms with Crippen LogP contribution in [-0.2, 0) is 24.3 Å². The number of nitrogens with one attached hydrogen (secondary N) is 1. The van der Waals surface area contributed by atoms with Crippen LogP contribution in [-0.4, -0.2) is 45.0 Å². The molecule has 2 rings (SSSR count). The zero-order chi connectivity index (χ0) is 23.0. The maximum Gasteiger partial charge on any atom is 0.492 e. The summed E-state index contributed by atoms with van der Waals surface area (Å²) in [6.45, 7) is 13.0. The zero-order valence-corrected chi connectivity index (χ0v) is 19.2. The van der Waals surface area contributed by atoms with Gasteiger partial charge in [0.2, 0.25) is 0 Å². The van der Waals surface area contributed by atoms with Crippen LogP contribution in [0.4, 0.5) is 8.68 Å². The van der Waals surface area contributed by atoms with E-state index >= 15 is 0 Å². The standard InChI is InChI=1S/C20H29BFNO6S/c1-18(2,3)27-17(24)23-13-15(21-28-19(4,5)20(6,7)29-21)12-14-8-10-16(11-9-14)30(22,25)26/h8-12H,13H2,1-7H3,(H,23,24). The smallest absolute Gasteiger partial charge is 0.444 e. The molecule has 0 aliphatic carbocycles. The van der Waals surface area contributed by atoms with Crippen LogP contribution in [0.15, 0.2) is 34.6 Å². The van der Waals surface area contributed by atoms with Crippen molar-refractivity contribution in [1.29, 1.82) is 0 Å². The minimum Gasteiger partial charge on any atom is -0.444 e. The van der Waals surface area contributed by atoms with Gasteiger partial charge in [0.25, 0.3) is 0 Å². The number of hydrogen-bond donors (Lipinski definition) is 1. The minimum atomic E-state index is -4.78. The second-order valence-electron chi connectivity index (χ2n) is 9.17. The third-order valence-corrected chi connectivity index (χ3v) is 5.74. The molecular weight excluding hydrogens is 412 g/mol. The Hall–Kier alpha value is -1.91. The van der Waals surface area contributed by atoms with Gasteiger partial charge in [0.1, 0.15) is 5.60 Å². The van der Waals surface area contributed by atoms with E-state index in [0.29, 0.717) is 11.0 Å². The average molecular weight is 441 g/mol. The Morgan fingerprint density at radius 2 is 1.63 bits per heavy atom. The van der Waals surface area contributed by atoms with E-state index in [9.17, 15) is 17.1 Å². The van der Waals surface area contributed by atoms with Crippen LogP contribution >= 0.6 is 0 Å². The van der Waals surface area contributed by atoms with Gasteiger partial charge in [-0.25, -0.2) is 4.79 Å². The average Bonchev–Trinajstić information content (AvgIpc) is 2.77. The highest BCUT2D eigenvalue weighted by molar-refractivity contribution is 7.86. The normalized spacial score (nSPS) is 18.9. The van der Waals surface area contributed by atoms with Gasteiger partial charge >= 0.3 is 23.4 Å². The number of halogens is 1. The Morgan fingerprint density at radius 3 is 2.07 bits per heavy atom. The molecule has 0 spiro atoms. The highest BCUT2D eigenvalue weighted by Gasteiger charge is 2.52. The van der Waals surface area contributed by atoms with Crippen LogP contribution < -0.4 is 5.32 Å². The third kappa shape index (κ3) is 6.29. The molecule has 30 heavy (non-hydrogen) atoms. The molecule has 0 radical (unpaired) electrons. The van der Waals surface area contributed by atoms with Crippen molar-refractivity contribution in [3.05, 3.63) is 35.3 Å². The fraction of sp³-hybridized carbons (Fsp3) is 0.550. The van der Waals surface area contributed by atoms with Gasteiger partial charge in [0, 0.05) is 6.54 Å². The molecule has 1 saturated heterocycles. The number of ether oxygens (including phenoxy) is 1. The molecule has 1 amide bonds. The van der Waals surface area contributed by atoms with Crippen molar-refractivity contribution in [2.45, 2.75) is 70.2 Å². The molecule has 0 atom stereocenters. The minimum absolute atomic E-state index is 0.0783. The third-order valence-electron chi connectivity index (χ3n) is 4.91. The molecule has 166 valence electrons. The van der Waals surface area contributed by atoms with Crippen LogP contribution in [0.25, 0.3) is 6.08 Å². The van der Waals surface area contributed by atoms with E-state index in [1.54, 1.807) is 26.8 Å². The molecule has 1 heterocycles.